The number of rotatable bonds is 5. The largest absolute Gasteiger partial charge is 0.487 e. The van der Waals surface area contributed by atoms with E-state index < -0.39 is 0 Å². The average Bonchev–Trinajstić information content (AvgIpc) is 2.55. The number of carbonyl (C=O) groups excluding carboxylic acids is 1. The molecule has 0 aliphatic carbocycles. The smallest absolute Gasteiger partial charge is 0.221 e. The first-order valence-corrected chi connectivity index (χ1v) is 7.09. The van der Waals surface area contributed by atoms with Gasteiger partial charge in [0, 0.05) is 23.8 Å². The Kier molecular flexibility index (Phi) is 7.82. The highest BCUT2D eigenvalue weighted by Gasteiger charge is 2.10. The van der Waals surface area contributed by atoms with Gasteiger partial charge in [0.2, 0.25) is 6.41 Å². The van der Waals surface area contributed by atoms with Crippen LogP contribution in [0.5, 0.6) is 5.75 Å². The summed E-state index contributed by atoms with van der Waals surface area (Å²) in [6.45, 7) is 2.25. The highest BCUT2D eigenvalue weighted by Crippen LogP contribution is 2.27. The maximum Gasteiger partial charge on any atom is 0.221 e. The van der Waals surface area contributed by atoms with E-state index in [1.54, 1.807) is 18.7 Å². The first-order chi connectivity index (χ1) is 11.0. The number of anilines is 1. The maximum absolute atomic E-state index is 8.94. The van der Waals surface area contributed by atoms with Gasteiger partial charge in [0.15, 0.2) is 0 Å². The van der Waals surface area contributed by atoms with Crippen LogP contribution >= 0.6 is 11.6 Å². The molecule has 1 aromatic carbocycles. The maximum atomic E-state index is 8.94. The summed E-state index contributed by atoms with van der Waals surface area (Å²) < 4.78 is 5.77. The molecular formula is C15H20ClN5O2. The summed E-state index contributed by atoms with van der Waals surface area (Å²) in [4.78, 5) is 13.1. The summed E-state index contributed by atoms with van der Waals surface area (Å²) in [5.41, 5.74) is 4.30. The van der Waals surface area contributed by atoms with E-state index >= 15 is 0 Å². The predicted molar refractivity (Wildman–Crippen MR) is 90.7 cm³/mol. The van der Waals surface area contributed by atoms with E-state index in [-0.39, 0.29) is 0 Å². The molecule has 0 saturated carbocycles. The number of hydrazine groups is 2. The minimum atomic E-state index is 0.350. The van der Waals surface area contributed by atoms with Gasteiger partial charge in [-0.25, -0.2) is 11.7 Å². The summed E-state index contributed by atoms with van der Waals surface area (Å²) in [5, 5.41) is 2.16. The summed E-state index contributed by atoms with van der Waals surface area (Å²) in [6, 6.07) is 9.31. The molecule has 124 valence electrons. The van der Waals surface area contributed by atoms with Crippen LogP contribution in [0.15, 0.2) is 36.5 Å². The molecule has 1 amide bonds. The number of nitrogens with zero attached hydrogens (tertiary/aromatic N) is 2. The molecule has 0 bridgehead atoms. The SMILES string of the molecule is Cc1ncccc1OCc1c(Cl)cccc1N(C)N.NNC=O. The van der Waals surface area contributed by atoms with Crippen LogP contribution in [0, 0.1) is 6.92 Å². The Balaban J connectivity index is 0.000000593. The molecule has 0 aliphatic rings. The molecule has 1 heterocycles. The van der Waals surface area contributed by atoms with Crippen LogP contribution in [-0.2, 0) is 11.4 Å². The van der Waals surface area contributed by atoms with E-state index in [4.69, 9.17) is 27.0 Å². The van der Waals surface area contributed by atoms with Gasteiger partial charge >= 0.3 is 0 Å². The number of aryl methyl sites for hydroxylation is 1. The molecule has 1 aromatic heterocycles. The lowest BCUT2D eigenvalue weighted by Crippen LogP contribution is -2.26. The number of carbonyl (C=O) groups is 1. The first-order valence-electron chi connectivity index (χ1n) is 6.71. The van der Waals surface area contributed by atoms with Gasteiger partial charge in [-0.3, -0.25) is 15.2 Å². The zero-order chi connectivity index (χ0) is 17.2. The Labute approximate surface area is 140 Å². The lowest BCUT2D eigenvalue weighted by atomic mass is 10.2. The number of ether oxygens (including phenoxy) is 1. The van der Waals surface area contributed by atoms with Gasteiger partial charge in [0.05, 0.1) is 11.4 Å². The van der Waals surface area contributed by atoms with Crippen molar-refractivity contribution in [2.75, 3.05) is 12.1 Å². The molecule has 8 heteroatoms. The van der Waals surface area contributed by atoms with Gasteiger partial charge < -0.3 is 9.75 Å². The van der Waals surface area contributed by atoms with Crippen molar-refractivity contribution in [3.63, 3.8) is 0 Å². The second-order valence-corrected chi connectivity index (χ2v) is 4.92. The number of hydrogen-bond acceptors (Lipinski definition) is 6. The Hall–Kier alpha value is -2.35. The monoisotopic (exact) mass is 337 g/mol. The fraction of sp³-hybridized carbons (Fsp3) is 0.200. The van der Waals surface area contributed by atoms with Gasteiger partial charge in [0.25, 0.3) is 0 Å². The van der Waals surface area contributed by atoms with Gasteiger partial charge in [-0.2, -0.15) is 0 Å². The molecule has 0 atom stereocenters. The fourth-order valence-electron chi connectivity index (χ4n) is 1.79. The first kappa shape index (κ1) is 18.7. The van der Waals surface area contributed by atoms with Gasteiger partial charge in [0.1, 0.15) is 12.4 Å². The molecule has 23 heavy (non-hydrogen) atoms. The van der Waals surface area contributed by atoms with E-state index in [0.29, 0.717) is 18.0 Å². The van der Waals surface area contributed by atoms with E-state index in [1.807, 2.05) is 37.3 Å². The molecule has 0 aliphatic heterocycles. The molecular weight excluding hydrogens is 318 g/mol. The zero-order valence-corrected chi connectivity index (χ0v) is 13.7. The number of amides is 1. The second-order valence-electron chi connectivity index (χ2n) is 4.51. The van der Waals surface area contributed by atoms with Crippen molar-refractivity contribution in [1.29, 1.82) is 0 Å². The molecule has 2 rings (SSSR count). The van der Waals surface area contributed by atoms with Gasteiger partial charge in [-0.15, -0.1) is 0 Å². The zero-order valence-electron chi connectivity index (χ0n) is 13.0. The van der Waals surface area contributed by atoms with Gasteiger partial charge in [-0.05, 0) is 31.2 Å². The van der Waals surface area contributed by atoms with Crippen molar-refractivity contribution < 1.29 is 9.53 Å². The molecule has 5 N–H and O–H groups in total. The number of aromatic nitrogens is 1. The number of hydrogen-bond donors (Lipinski definition) is 3. The number of pyridine rings is 1. The van der Waals surface area contributed by atoms with Crippen LogP contribution < -0.4 is 26.9 Å². The quantitative estimate of drug-likeness (QED) is 0.331. The predicted octanol–water partition coefficient (Wildman–Crippen LogP) is 1.54. The normalized spacial score (nSPS) is 9.43. The van der Waals surface area contributed by atoms with E-state index in [0.717, 1.165) is 22.7 Å². The van der Waals surface area contributed by atoms with Crippen LogP contribution in [0.4, 0.5) is 5.69 Å². The minimum absolute atomic E-state index is 0.350. The summed E-state index contributed by atoms with van der Waals surface area (Å²) in [6.07, 6.45) is 2.14. The van der Waals surface area contributed by atoms with Crippen LogP contribution in [0.1, 0.15) is 11.3 Å². The number of halogens is 1. The van der Waals surface area contributed by atoms with Crippen molar-refractivity contribution in [2.24, 2.45) is 11.7 Å². The van der Waals surface area contributed by atoms with E-state index in [1.165, 1.54) is 5.01 Å². The summed E-state index contributed by atoms with van der Waals surface area (Å²) in [5.74, 6) is 10.9. The van der Waals surface area contributed by atoms with Crippen molar-refractivity contribution in [1.82, 2.24) is 10.4 Å². The number of nitrogens with two attached hydrogens (primary N) is 2. The summed E-state index contributed by atoms with van der Waals surface area (Å²) in [7, 11) is 1.77. The number of nitrogens with one attached hydrogen (secondary N) is 1. The van der Waals surface area contributed by atoms with Crippen LogP contribution in [0.3, 0.4) is 0 Å². The lowest BCUT2D eigenvalue weighted by molar-refractivity contribution is -0.109. The van der Waals surface area contributed by atoms with Crippen molar-refractivity contribution in [2.45, 2.75) is 13.5 Å². The molecule has 0 unspecified atom stereocenters. The Bertz CT molecular complexity index is 637. The average molecular weight is 338 g/mol. The molecule has 2 aromatic rings. The minimum Gasteiger partial charge on any atom is -0.487 e. The molecule has 0 fully saturated rings. The molecule has 0 spiro atoms. The van der Waals surface area contributed by atoms with Crippen molar-refractivity contribution in [3.8, 4) is 5.75 Å². The Morgan fingerprint density at radius 1 is 1.39 bits per heavy atom. The third-order valence-corrected chi connectivity index (χ3v) is 3.23. The molecule has 0 radical (unpaired) electrons. The van der Waals surface area contributed by atoms with E-state index in [9.17, 15) is 0 Å². The Morgan fingerprint density at radius 3 is 2.65 bits per heavy atom. The van der Waals surface area contributed by atoms with Crippen molar-refractivity contribution >= 4 is 23.7 Å². The standard InChI is InChI=1S/C14H16ClN3O.CH4N2O/c1-10-14(7-4-8-17-10)19-9-11-12(15)5-3-6-13(11)18(2)16;2-3-1-4/h3-8H,9,16H2,1-2H3;1H,2H2,(H,3,4). The summed E-state index contributed by atoms with van der Waals surface area (Å²) >= 11 is 6.20. The second kappa shape index (κ2) is 9.62. The highest BCUT2D eigenvalue weighted by molar-refractivity contribution is 6.31. The Morgan fingerprint density at radius 2 is 2.09 bits per heavy atom. The third-order valence-electron chi connectivity index (χ3n) is 2.87. The molecule has 0 saturated heterocycles. The van der Waals surface area contributed by atoms with Gasteiger partial charge in [-0.1, -0.05) is 17.7 Å². The van der Waals surface area contributed by atoms with Crippen LogP contribution in [0.2, 0.25) is 5.02 Å². The van der Waals surface area contributed by atoms with Crippen molar-refractivity contribution in [3.05, 3.63) is 52.8 Å². The third kappa shape index (κ3) is 5.74. The fourth-order valence-corrected chi connectivity index (χ4v) is 2.02. The lowest BCUT2D eigenvalue weighted by Gasteiger charge is -2.18. The molecule has 7 nitrogen and oxygen atoms in total. The van der Waals surface area contributed by atoms with E-state index in [2.05, 4.69) is 10.8 Å². The van der Waals surface area contributed by atoms with Crippen LogP contribution in [-0.4, -0.2) is 18.4 Å². The highest BCUT2D eigenvalue weighted by atomic mass is 35.5. The van der Waals surface area contributed by atoms with Crippen LogP contribution in [0.25, 0.3) is 0 Å². The topological polar surface area (TPSA) is 106 Å². The number of benzene rings is 1.